The van der Waals surface area contributed by atoms with E-state index in [4.69, 9.17) is 4.74 Å². The molecule has 2 N–H and O–H groups in total. The zero-order valence-corrected chi connectivity index (χ0v) is 24.7. The summed E-state index contributed by atoms with van der Waals surface area (Å²) in [6.07, 6.45) is 2.63. The van der Waals surface area contributed by atoms with Crippen molar-refractivity contribution in [3.63, 3.8) is 0 Å². The molecule has 1 heterocycles. The summed E-state index contributed by atoms with van der Waals surface area (Å²) in [6.45, 7) is 5.69. The summed E-state index contributed by atoms with van der Waals surface area (Å²) >= 11 is 0. The number of carbonyl (C=O) groups is 4. The maximum absolute atomic E-state index is 13.7. The Hall–Kier alpha value is -4.04. The number of carbonyl (C=O) groups excluding carboxylic acids is 4. The Morgan fingerprint density at radius 3 is 2.32 bits per heavy atom. The lowest BCUT2D eigenvalue weighted by molar-refractivity contribution is -0.140. The highest BCUT2D eigenvalue weighted by atomic mass is 32.2. The minimum atomic E-state index is -4.66. The number of unbranched alkanes of at least 4 members (excludes halogenated alkanes) is 1. The molecule has 0 unspecified atom stereocenters. The number of hydrogen-bond donors (Lipinski definition) is 2. The van der Waals surface area contributed by atoms with Gasteiger partial charge >= 0.3 is 12.1 Å². The second kappa shape index (κ2) is 15.1. The van der Waals surface area contributed by atoms with Crippen LogP contribution in [-0.2, 0) is 24.3 Å². The zero-order chi connectivity index (χ0) is 30.6. The number of pyridine rings is 1. The van der Waals surface area contributed by atoms with Gasteiger partial charge in [0.05, 0.1) is 19.1 Å². The molecule has 0 aliphatic carbocycles. The summed E-state index contributed by atoms with van der Waals surface area (Å²) in [5.74, 6) is -2.21. The van der Waals surface area contributed by atoms with Crippen molar-refractivity contribution < 1.29 is 37.1 Å². The molecule has 0 saturated heterocycles. The van der Waals surface area contributed by atoms with E-state index in [1.165, 1.54) is 36.4 Å². The molecule has 0 atom stereocenters. The number of benzene rings is 1. The second-order valence-corrected chi connectivity index (χ2v) is 11.7. The number of rotatable bonds is 13. The van der Waals surface area contributed by atoms with Gasteiger partial charge < -0.3 is 19.7 Å². The van der Waals surface area contributed by atoms with Crippen LogP contribution < -0.4 is 10.7 Å². The minimum Gasteiger partial charge on any atom is -0.469 e. The van der Waals surface area contributed by atoms with Gasteiger partial charge in [0.15, 0.2) is 0 Å². The van der Waals surface area contributed by atoms with E-state index in [0.717, 1.165) is 6.20 Å². The van der Waals surface area contributed by atoms with Gasteiger partial charge in [-0.3, -0.25) is 19.4 Å². The first-order valence-electron chi connectivity index (χ1n) is 12.9. The molecule has 0 aliphatic rings. The fourth-order valence-corrected chi connectivity index (χ4v) is 4.81. The lowest BCUT2D eigenvalue weighted by Gasteiger charge is -2.24. The van der Waals surface area contributed by atoms with Crippen LogP contribution in [0.1, 0.15) is 60.7 Å². The second-order valence-electron chi connectivity index (χ2n) is 9.91. The summed E-state index contributed by atoms with van der Waals surface area (Å²) in [4.78, 5) is 54.7. The zero-order valence-electron chi connectivity index (χ0n) is 23.9. The van der Waals surface area contributed by atoms with E-state index >= 15 is 0 Å². The highest BCUT2D eigenvalue weighted by molar-refractivity contribution is 7.89. The molecule has 0 saturated carbocycles. The highest BCUT2D eigenvalue weighted by Gasteiger charge is 2.34. The average molecular weight is 592 g/mol. The molecule has 1 aromatic heterocycles. The normalized spacial score (nSPS) is 11.3. The largest absolute Gasteiger partial charge is 0.469 e. The van der Waals surface area contributed by atoms with Gasteiger partial charge in [0, 0.05) is 44.6 Å². The lowest BCUT2D eigenvalue weighted by Crippen LogP contribution is -2.48. The third kappa shape index (κ3) is 10.1. The minimum absolute atomic E-state index is 0.0629. The Balaban J connectivity index is 2.15. The summed E-state index contributed by atoms with van der Waals surface area (Å²) in [7, 11) is -1.86. The number of amides is 3. The van der Waals surface area contributed by atoms with Gasteiger partial charge in [0.1, 0.15) is 10.5 Å². The molecule has 1 aromatic carbocycles. The smallest absolute Gasteiger partial charge is 0.410 e. The van der Waals surface area contributed by atoms with Crippen LogP contribution in [0.25, 0.3) is 0 Å². The maximum atomic E-state index is 13.7. The fraction of sp³-hybridized carbons (Fsp3) is 0.444. The van der Waals surface area contributed by atoms with Crippen molar-refractivity contribution in [1.82, 2.24) is 25.0 Å². The van der Waals surface area contributed by atoms with E-state index in [1.807, 2.05) is 0 Å². The van der Waals surface area contributed by atoms with Crippen LogP contribution in [-0.4, -0.2) is 86.0 Å². The van der Waals surface area contributed by atoms with Crippen LogP contribution in [0.3, 0.4) is 0 Å². The van der Waals surface area contributed by atoms with Crippen molar-refractivity contribution in [2.75, 3.05) is 33.8 Å². The van der Waals surface area contributed by atoms with E-state index in [-0.39, 0.29) is 30.6 Å². The van der Waals surface area contributed by atoms with E-state index in [1.54, 1.807) is 46.0 Å². The molecule has 0 spiro atoms. The van der Waals surface area contributed by atoms with Crippen LogP contribution >= 0.6 is 0 Å². The molecule has 2 aromatic rings. The van der Waals surface area contributed by atoms with Crippen molar-refractivity contribution in [2.24, 2.45) is 0 Å². The Bertz CT molecular complexity index is 1310. The molecular weight excluding hydrogens is 554 g/mol. The number of hydrazine groups is 1. The standard InChI is InChI=1S/C27H37N5O8S/c1-27(2,3)40-26(36)31(4)18-10-9-15-29-24(34)21-13-16-28-19-22(21)41(37,38)32(30-17-14-23(33)39-5)25(35)20-11-7-6-8-12-20/h6-8,11-13,16,19,30H,9-10,14-15,17-18H2,1-5H3,(H,29,34). The van der Waals surface area contributed by atoms with Crippen molar-refractivity contribution in [2.45, 2.75) is 50.5 Å². The molecular formula is C27H37N5O8S. The van der Waals surface area contributed by atoms with Crippen LogP contribution in [0.2, 0.25) is 0 Å². The average Bonchev–Trinajstić information content (AvgIpc) is 2.93. The van der Waals surface area contributed by atoms with Gasteiger partial charge in [-0.1, -0.05) is 18.2 Å². The van der Waals surface area contributed by atoms with Gasteiger partial charge in [-0.05, 0) is 51.8 Å². The van der Waals surface area contributed by atoms with Crippen LogP contribution in [0, 0.1) is 0 Å². The topological polar surface area (TPSA) is 164 Å². The van der Waals surface area contributed by atoms with Gasteiger partial charge in [-0.2, -0.15) is 12.8 Å². The summed E-state index contributed by atoms with van der Waals surface area (Å²) in [5, 5.41) is 2.67. The van der Waals surface area contributed by atoms with Gasteiger partial charge in [0.2, 0.25) is 0 Å². The van der Waals surface area contributed by atoms with Gasteiger partial charge in [-0.15, -0.1) is 0 Å². The van der Waals surface area contributed by atoms with Crippen molar-refractivity contribution in [3.05, 3.63) is 59.9 Å². The van der Waals surface area contributed by atoms with Crippen molar-refractivity contribution >= 4 is 33.9 Å². The predicted octanol–water partition coefficient (Wildman–Crippen LogP) is 2.36. The SMILES string of the molecule is COC(=O)CCNN(C(=O)c1ccccc1)S(=O)(=O)c1cnccc1C(=O)NCCCCN(C)C(=O)OC(C)(C)C. The molecule has 2 rings (SSSR count). The Labute approximate surface area is 240 Å². The number of sulfonamides is 1. The summed E-state index contributed by atoms with van der Waals surface area (Å²) < 4.78 is 37.7. The first kappa shape index (κ1) is 33.2. The van der Waals surface area contributed by atoms with Crippen LogP contribution in [0.15, 0.2) is 53.7 Å². The molecule has 41 heavy (non-hydrogen) atoms. The third-order valence-electron chi connectivity index (χ3n) is 5.48. The number of aromatic nitrogens is 1. The quantitative estimate of drug-likeness (QED) is 0.201. The third-order valence-corrected chi connectivity index (χ3v) is 7.13. The molecule has 13 nitrogen and oxygen atoms in total. The van der Waals surface area contributed by atoms with Crippen molar-refractivity contribution in [1.29, 1.82) is 0 Å². The van der Waals surface area contributed by atoms with Gasteiger partial charge in [0.25, 0.3) is 21.8 Å². The first-order valence-corrected chi connectivity index (χ1v) is 14.3. The number of hydrogen-bond acceptors (Lipinski definition) is 10. The van der Waals surface area contributed by atoms with Crippen LogP contribution in [0.5, 0.6) is 0 Å². The number of nitrogens with zero attached hydrogens (tertiary/aromatic N) is 3. The van der Waals surface area contributed by atoms with Gasteiger partial charge in [-0.25, -0.2) is 10.2 Å². The number of ether oxygens (including phenoxy) is 2. The predicted molar refractivity (Wildman–Crippen MR) is 149 cm³/mol. The molecule has 14 heteroatoms. The number of esters is 1. The summed E-state index contributed by atoms with van der Waals surface area (Å²) in [5.41, 5.74) is 1.71. The molecule has 0 aliphatic heterocycles. The monoisotopic (exact) mass is 591 g/mol. The highest BCUT2D eigenvalue weighted by Crippen LogP contribution is 2.20. The van der Waals surface area contributed by atoms with Crippen LogP contribution in [0.4, 0.5) is 4.79 Å². The molecule has 0 bridgehead atoms. The number of methoxy groups -OCH3 is 1. The van der Waals surface area contributed by atoms with Crippen molar-refractivity contribution in [3.8, 4) is 0 Å². The lowest BCUT2D eigenvalue weighted by atomic mass is 10.2. The Morgan fingerprint density at radius 1 is 1.00 bits per heavy atom. The van der Waals surface area contributed by atoms with E-state index in [9.17, 15) is 27.6 Å². The Kier molecular flexibility index (Phi) is 12.2. The van der Waals surface area contributed by atoms with E-state index < -0.39 is 44.4 Å². The summed E-state index contributed by atoms with van der Waals surface area (Å²) in [6, 6.07) is 8.91. The molecule has 0 radical (unpaired) electrons. The van der Waals surface area contributed by atoms with E-state index in [2.05, 4.69) is 20.5 Å². The Morgan fingerprint density at radius 2 is 1.68 bits per heavy atom. The molecule has 0 fully saturated rings. The van der Waals surface area contributed by atoms with E-state index in [0.29, 0.717) is 23.8 Å². The molecule has 3 amide bonds. The first-order chi connectivity index (χ1) is 19.3. The fourth-order valence-electron chi connectivity index (χ4n) is 3.40. The molecule has 224 valence electrons. The number of nitrogens with one attached hydrogen (secondary N) is 2. The maximum Gasteiger partial charge on any atom is 0.410 e.